The summed E-state index contributed by atoms with van der Waals surface area (Å²) in [5.41, 5.74) is 2.31. The number of aryl methyl sites for hydroxylation is 1. The standard InChI is InChI=1S/C14H20FNOS/c1-9-6-14(12(11(3)17)7-13(9)15)16-4-5-18-8-10(16)2/h6-7,10-11,17H,4-5,8H2,1-3H3. The van der Waals surface area contributed by atoms with Crippen molar-refractivity contribution >= 4 is 17.4 Å². The van der Waals surface area contributed by atoms with Gasteiger partial charge in [0.05, 0.1) is 6.10 Å². The van der Waals surface area contributed by atoms with E-state index >= 15 is 0 Å². The smallest absolute Gasteiger partial charge is 0.126 e. The molecule has 0 saturated carbocycles. The molecule has 2 unspecified atom stereocenters. The van der Waals surface area contributed by atoms with Crippen molar-refractivity contribution in [2.24, 2.45) is 0 Å². The summed E-state index contributed by atoms with van der Waals surface area (Å²) in [6.07, 6.45) is -0.642. The van der Waals surface area contributed by atoms with E-state index < -0.39 is 6.10 Å². The van der Waals surface area contributed by atoms with Crippen molar-refractivity contribution in [1.82, 2.24) is 0 Å². The molecule has 100 valence electrons. The van der Waals surface area contributed by atoms with Crippen molar-refractivity contribution in [2.75, 3.05) is 23.0 Å². The highest BCUT2D eigenvalue weighted by Gasteiger charge is 2.23. The first-order valence-electron chi connectivity index (χ1n) is 6.33. The number of hydrogen-bond acceptors (Lipinski definition) is 3. The summed E-state index contributed by atoms with van der Waals surface area (Å²) in [5, 5.41) is 9.84. The number of aliphatic hydroxyl groups excluding tert-OH is 1. The maximum absolute atomic E-state index is 13.7. The molecule has 1 aromatic rings. The molecular weight excluding hydrogens is 249 g/mol. The van der Waals surface area contributed by atoms with Crippen LogP contribution in [0.1, 0.15) is 31.1 Å². The van der Waals surface area contributed by atoms with Crippen molar-refractivity contribution in [1.29, 1.82) is 0 Å². The molecule has 1 aromatic carbocycles. The van der Waals surface area contributed by atoms with Crippen LogP contribution in [-0.2, 0) is 0 Å². The van der Waals surface area contributed by atoms with Gasteiger partial charge in [-0.05, 0) is 38.5 Å². The normalized spacial score (nSPS) is 22.1. The maximum Gasteiger partial charge on any atom is 0.126 e. The lowest BCUT2D eigenvalue weighted by molar-refractivity contribution is 0.199. The van der Waals surface area contributed by atoms with Crippen LogP contribution in [-0.4, -0.2) is 29.2 Å². The number of anilines is 1. The first-order chi connectivity index (χ1) is 8.50. The highest BCUT2D eigenvalue weighted by molar-refractivity contribution is 7.99. The first kappa shape index (κ1) is 13.7. The zero-order valence-electron chi connectivity index (χ0n) is 11.1. The zero-order valence-corrected chi connectivity index (χ0v) is 11.9. The lowest BCUT2D eigenvalue weighted by Crippen LogP contribution is -2.41. The first-order valence-corrected chi connectivity index (χ1v) is 7.48. The van der Waals surface area contributed by atoms with Gasteiger partial charge in [-0.1, -0.05) is 0 Å². The lowest BCUT2D eigenvalue weighted by Gasteiger charge is -2.37. The maximum atomic E-state index is 13.7. The molecule has 0 radical (unpaired) electrons. The molecule has 1 aliphatic heterocycles. The van der Waals surface area contributed by atoms with Crippen LogP contribution < -0.4 is 4.90 Å². The average Bonchev–Trinajstić information content (AvgIpc) is 2.32. The van der Waals surface area contributed by atoms with E-state index in [1.165, 1.54) is 6.07 Å². The van der Waals surface area contributed by atoms with E-state index in [0.29, 0.717) is 17.2 Å². The van der Waals surface area contributed by atoms with Gasteiger partial charge in [0.2, 0.25) is 0 Å². The minimum absolute atomic E-state index is 0.242. The Kier molecular flexibility index (Phi) is 4.17. The summed E-state index contributed by atoms with van der Waals surface area (Å²) >= 11 is 1.94. The van der Waals surface area contributed by atoms with Crippen LogP contribution in [0.3, 0.4) is 0 Å². The van der Waals surface area contributed by atoms with Gasteiger partial charge in [-0.25, -0.2) is 4.39 Å². The fraction of sp³-hybridized carbons (Fsp3) is 0.571. The predicted octanol–water partition coefficient (Wildman–Crippen LogP) is 3.13. The summed E-state index contributed by atoms with van der Waals surface area (Å²) in [6.45, 7) is 6.60. The van der Waals surface area contributed by atoms with Crippen molar-refractivity contribution < 1.29 is 9.50 Å². The molecule has 2 nitrogen and oxygen atoms in total. The SMILES string of the molecule is Cc1cc(N2CCSCC2C)c(C(C)O)cc1F. The molecule has 1 N–H and O–H groups in total. The lowest BCUT2D eigenvalue weighted by atomic mass is 10.0. The minimum atomic E-state index is -0.642. The average molecular weight is 269 g/mol. The van der Waals surface area contributed by atoms with Crippen molar-refractivity contribution in [2.45, 2.75) is 32.9 Å². The number of thioether (sulfide) groups is 1. The molecular formula is C14H20FNOS. The Labute approximate surface area is 112 Å². The Morgan fingerprint density at radius 3 is 2.83 bits per heavy atom. The summed E-state index contributed by atoms with van der Waals surface area (Å²) in [7, 11) is 0. The topological polar surface area (TPSA) is 23.5 Å². The molecule has 0 aromatic heterocycles. The number of rotatable bonds is 2. The van der Waals surface area contributed by atoms with Crippen LogP contribution in [0.15, 0.2) is 12.1 Å². The molecule has 2 rings (SSSR count). The van der Waals surface area contributed by atoms with Crippen molar-refractivity contribution in [3.05, 3.63) is 29.1 Å². The van der Waals surface area contributed by atoms with E-state index in [4.69, 9.17) is 0 Å². The summed E-state index contributed by atoms with van der Waals surface area (Å²) < 4.78 is 13.7. The van der Waals surface area contributed by atoms with Crippen molar-refractivity contribution in [3.63, 3.8) is 0 Å². The van der Waals surface area contributed by atoms with Gasteiger partial charge >= 0.3 is 0 Å². The number of benzene rings is 1. The molecule has 0 amide bonds. The molecule has 18 heavy (non-hydrogen) atoms. The van der Waals surface area contributed by atoms with E-state index in [1.807, 2.05) is 17.8 Å². The quantitative estimate of drug-likeness (QED) is 0.892. The van der Waals surface area contributed by atoms with Gasteiger partial charge in [-0.15, -0.1) is 0 Å². The third kappa shape index (κ3) is 2.64. The van der Waals surface area contributed by atoms with E-state index in [2.05, 4.69) is 11.8 Å². The molecule has 1 saturated heterocycles. The number of halogens is 1. The van der Waals surface area contributed by atoms with Gasteiger partial charge in [0.15, 0.2) is 0 Å². The summed E-state index contributed by atoms with van der Waals surface area (Å²) in [5.74, 6) is 1.92. The van der Waals surface area contributed by atoms with E-state index in [-0.39, 0.29) is 5.82 Å². The van der Waals surface area contributed by atoms with Crippen LogP contribution in [0.4, 0.5) is 10.1 Å². The molecule has 1 heterocycles. The molecule has 1 aliphatic rings. The molecule has 0 spiro atoms. The number of nitrogens with zero attached hydrogens (tertiary/aromatic N) is 1. The Morgan fingerprint density at radius 2 is 2.22 bits per heavy atom. The monoisotopic (exact) mass is 269 g/mol. The van der Waals surface area contributed by atoms with Crippen LogP contribution in [0.2, 0.25) is 0 Å². The van der Waals surface area contributed by atoms with Crippen LogP contribution in [0.5, 0.6) is 0 Å². The molecule has 0 bridgehead atoms. The third-order valence-electron chi connectivity index (χ3n) is 3.44. The second kappa shape index (κ2) is 5.49. The summed E-state index contributed by atoms with van der Waals surface area (Å²) in [6, 6.07) is 3.76. The number of hydrogen-bond donors (Lipinski definition) is 1. The van der Waals surface area contributed by atoms with E-state index in [1.54, 1.807) is 13.8 Å². The number of aliphatic hydroxyl groups is 1. The minimum Gasteiger partial charge on any atom is -0.389 e. The highest BCUT2D eigenvalue weighted by Crippen LogP contribution is 2.32. The zero-order chi connectivity index (χ0) is 13.3. The molecule has 1 fully saturated rings. The van der Waals surface area contributed by atoms with Crippen LogP contribution >= 0.6 is 11.8 Å². The highest BCUT2D eigenvalue weighted by atomic mass is 32.2. The van der Waals surface area contributed by atoms with Crippen molar-refractivity contribution in [3.8, 4) is 0 Å². The van der Waals surface area contributed by atoms with Gasteiger partial charge in [0, 0.05) is 35.3 Å². The Hall–Kier alpha value is -0.740. The van der Waals surface area contributed by atoms with Crippen LogP contribution in [0, 0.1) is 12.7 Å². The largest absolute Gasteiger partial charge is 0.389 e. The predicted molar refractivity (Wildman–Crippen MR) is 75.9 cm³/mol. The second-order valence-electron chi connectivity index (χ2n) is 4.95. The van der Waals surface area contributed by atoms with E-state index in [0.717, 1.165) is 23.7 Å². The van der Waals surface area contributed by atoms with Gasteiger partial charge in [0.25, 0.3) is 0 Å². The fourth-order valence-corrected chi connectivity index (χ4v) is 3.36. The molecule has 2 atom stereocenters. The molecule has 0 aliphatic carbocycles. The fourth-order valence-electron chi connectivity index (χ4n) is 2.35. The van der Waals surface area contributed by atoms with E-state index in [9.17, 15) is 9.50 Å². The van der Waals surface area contributed by atoms with Gasteiger partial charge in [-0.3, -0.25) is 0 Å². The van der Waals surface area contributed by atoms with Gasteiger partial charge in [-0.2, -0.15) is 11.8 Å². The Balaban J connectivity index is 2.44. The Morgan fingerprint density at radius 1 is 1.50 bits per heavy atom. The van der Waals surface area contributed by atoms with Gasteiger partial charge in [0.1, 0.15) is 5.82 Å². The van der Waals surface area contributed by atoms with Gasteiger partial charge < -0.3 is 10.0 Å². The molecule has 4 heteroatoms. The Bertz CT molecular complexity index is 436. The third-order valence-corrected chi connectivity index (χ3v) is 4.62. The van der Waals surface area contributed by atoms with Crippen LogP contribution in [0.25, 0.3) is 0 Å². The second-order valence-corrected chi connectivity index (χ2v) is 6.10. The summed E-state index contributed by atoms with van der Waals surface area (Å²) in [4.78, 5) is 2.28.